The van der Waals surface area contributed by atoms with Crippen LogP contribution in [0.3, 0.4) is 0 Å². The van der Waals surface area contributed by atoms with Crippen LogP contribution in [0.5, 0.6) is 0 Å². The molecule has 2 heteroatoms. The van der Waals surface area contributed by atoms with Crippen molar-refractivity contribution in [2.24, 2.45) is 0 Å². The fourth-order valence-corrected chi connectivity index (χ4v) is 2.37. The van der Waals surface area contributed by atoms with Gasteiger partial charge in [0.25, 0.3) is 0 Å². The molecule has 0 aromatic heterocycles. The Morgan fingerprint density at radius 2 is 1.25 bits per heavy atom. The predicted octanol–water partition coefficient (Wildman–Crippen LogP) is 3.27. The number of hydrogen-bond acceptors (Lipinski definition) is 2. The van der Waals surface area contributed by atoms with E-state index in [9.17, 15) is 0 Å². The van der Waals surface area contributed by atoms with Crippen molar-refractivity contribution in [2.75, 3.05) is 14.2 Å². The molecule has 1 aliphatic rings. The Balaban J connectivity index is 2.45. The third-order valence-corrected chi connectivity index (χ3v) is 3.01. The molecule has 0 fully saturated rings. The zero-order valence-electron chi connectivity index (χ0n) is 9.28. The van der Waals surface area contributed by atoms with Crippen LogP contribution in [0.1, 0.15) is 11.1 Å². The summed E-state index contributed by atoms with van der Waals surface area (Å²) in [6, 6.07) is 12.4. The number of ether oxygens (including phenoxy) is 2. The van der Waals surface area contributed by atoms with Gasteiger partial charge in [0.1, 0.15) is 0 Å². The Morgan fingerprint density at radius 1 is 0.750 bits per heavy atom. The van der Waals surface area contributed by atoms with Crippen molar-refractivity contribution < 1.29 is 9.47 Å². The molecule has 0 radical (unpaired) electrons. The van der Waals surface area contributed by atoms with Gasteiger partial charge in [0, 0.05) is 16.5 Å². The maximum absolute atomic E-state index is 5.44. The molecule has 80 valence electrons. The largest absolute Gasteiger partial charge is 0.492 e. The minimum Gasteiger partial charge on any atom is -0.492 e. The van der Waals surface area contributed by atoms with Crippen molar-refractivity contribution in [1.29, 1.82) is 0 Å². The molecule has 0 amide bonds. The van der Waals surface area contributed by atoms with Gasteiger partial charge in [-0.25, -0.2) is 0 Å². The first-order valence-corrected chi connectivity index (χ1v) is 5.21. The van der Waals surface area contributed by atoms with Gasteiger partial charge in [-0.2, -0.15) is 0 Å². The summed E-state index contributed by atoms with van der Waals surface area (Å²) in [7, 11) is 3.36. The summed E-state index contributed by atoms with van der Waals surface area (Å²) in [5.74, 6) is 1.66. The summed E-state index contributed by atoms with van der Waals surface area (Å²) in [5, 5.41) is 2.44. The van der Waals surface area contributed by atoms with Gasteiger partial charge in [0.05, 0.1) is 14.2 Å². The maximum Gasteiger partial charge on any atom is 0.169 e. The van der Waals surface area contributed by atoms with Gasteiger partial charge >= 0.3 is 0 Å². The van der Waals surface area contributed by atoms with Crippen molar-refractivity contribution in [3.8, 4) is 0 Å². The zero-order valence-corrected chi connectivity index (χ0v) is 9.28. The lowest BCUT2D eigenvalue weighted by Crippen LogP contribution is -1.88. The van der Waals surface area contributed by atoms with Crippen molar-refractivity contribution in [1.82, 2.24) is 0 Å². The number of hydrogen-bond donors (Lipinski definition) is 0. The van der Waals surface area contributed by atoms with Gasteiger partial charge in [-0.3, -0.25) is 0 Å². The van der Waals surface area contributed by atoms with Crippen LogP contribution in [-0.4, -0.2) is 14.2 Å². The molecule has 3 rings (SSSR count). The third kappa shape index (κ3) is 1.01. The maximum atomic E-state index is 5.44. The molecule has 0 heterocycles. The van der Waals surface area contributed by atoms with E-state index in [0.717, 1.165) is 22.6 Å². The Morgan fingerprint density at radius 3 is 1.69 bits per heavy atom. The van der Waals surface area contributed by atoms with Crippen molar-refractivity contribution in [2.45, 2.75) is 0 Å². The molecule has 1 aliphatic carbocycles. The van der Waals surface area contributed by atoms with Gasteiger partial charge in [0.2, 0.25) is 0 Å². The Labute approximate surface area is 94.1 Å². The third-order valence-electron chi connectivity index (χ3n) is 3.01. The summed E-state index contributed by atoms with van der Waals surface area (Å²) in [4.78, 5) is 0. The van der Waals surface area contributed by atoms with Crippen LogP contribution in [0.2, 0.25) is 0 Å². The second-order valence-electron chi connectivity index (χ2n) is 3.78. The van der Waals surface area contributed by atoms with Crippen molar-refractivity contribution in [3.63, 3.8) is 0 Å². The molecule has 16 heavy (non-hydrogen) atoms. The molecule has 0 saturated carbocycles. The predicted molar refractivity (Wildman–Crippen MR) is 64.8 cm³/mol. The molecule has 0 bridgehead atoms. The SMILES string of the molecule is COC1=C(OC)c2cccc3cccc1c23. The van der Waals surface area contributed by atoms with Crippen LogP contribution in [-0.2, 0) is 9.47 Å². The lowest BCUT2D eigenvalue weighted by Gasteiger charge is -2.05. The van der Waals surface area contributed by atoms with Crippen LogP contribution >= 0.6 is 0 Å². The summed E-state index contributed by atoms with van der Waals surface area (Å²) in [6.07, 6.45) is 0. The molecule has 2 aromatic rings. The van der Waals surface area contributed by atoms with Crippen LogP contribution < -0.4 is 0 Å². The van der Waals surface area contributed by atoms with E-state index < -0.39 is 0 Å². The Hall–Kier alpha value is -1.96. The number of benzene rings is 2. The van der Waals surface area contributed by atoms with Crippen LogP contribution in [0.15, 0.2) is 36.4 Å². The van der Waals surface area contributed by atoms with E-state index in [1.807, 2.05) is 12.1 Å². The molecule has 0 spiro atoms. The normalized spacial score (nSPS) is 13.4. The highest BCUT2D eigenvalue weighted by Crippen LogP contribution is 2.42. The van der Waals surface area contributed by atoms with E-state index in [4.69, 9.17) is 9.47 Å². The molecule has 0 atom stereocenters. The molecule has 0 N–H and O–H groups in total. The summed E-state index contributed by atoms with van der Waals surface area (Å²) >= 11 is 0. The minimum atomic E-state index is 0.828. The van der Waals surface area contributed by atoms with Crippen molar-refractivity contribution in [3.05, 3.63) is 47.5 Å². The van der Waals surface area contributed by atoms with Gasteiger partial charge in [0.15, 0.2) is 11.5 Å². The van der Waals surface area contributed by atoms with Crippen LogP contribution in [0.4, 0.5) is 0 Å². The Kier molecular flexibility index (Phi) is 1.90. The van der Waals surface area contributed by atoms with Gasteiger partial charge in [-0.1, -0.05) is 36.4 Å². The average molecular weight is 212 g/mol. The Bertz CT molecular complexity index is 548. The molecule has 2 nitrogen and oxygen atoms in total. The van der Waals surface area contributed by atoms with E-state index in [-0.39, 0.29) is 0 Å². The van der Waals surface area contributed by atoms with E-state index in [2.05, 4.69) is 24.3 Å². The molecular weight excluding hydrogens is 200 g/mol. The van der Waals surface area contributed by atoms with E-state index in [1.54, 1.807) is 14.2 Å². The molecule has 0 aliphatic heterocycles. The highest BCUT2D eigenvalue weighted by molar-refractivity contribution is 6.10. The standard InChI is InChI=1S/C14H12O2/c1-15-13-10-7-3-5-9-6-4-8-11(12(9)10)14(13)16-2/h3-8H,1-2H3. The van der Waals surface area contributed by atoms with Gasteiger partial charge in [-0.15, -0.1) is 0 Å². The van der Waals surface area contributed by atoms with E-state index in [0.29, 0.717) is 0 Å². The molecule has 0 saturated heterocycles. The van der Waals surface area contributed by atoms with Crippen LogP contribution in [0, 0.1) is 0 Å². The number of rotatable bonds is 2. The van der Waals surface area contributed by atoms with Crippen LogP contribution in [0.25, 0.3) is 22.3 Å². The highest BCUT2D eigenvalue weighted by atomic mass is 16.5. The van der Waals surface area contributed by atoms with Gasteiger partial charge in [-0.05, 0) is 5.39 Å². The van der Waals surface area contributed by atoms with Gasteiger partial charge < -0.3 is 9.47 Å². The summed E-state index contributed by atoms with van der Waals surface area (Å²) in [6.45, 7) is 0. The topological polar surface area (TPSA) is 18.5 Å². The monoisotopic (exact) mass is 212 g/mol. The smallest absolute Gasteiger partial charge is 0.169 e. The summed E-state index contributed by atoms with van der Waals surface area (Å²) < 4.78 is 10.9. The lowest BCUT2D eigenvalue weighted by molar-refractivity contribution is 0.331. The number of methoxy groups -OCH3 is 2. The minimum absolute atomic E-state index is 0.828. The first-order valence-electron chi connectivity index (χ1n) is 5.21. The lowest BCUT2D eigenvalue weighted by atomic mass is 10.0. The summed E-state index contributed by atoms with van der Waals surface area (Å²) in [5.41, 5.74) is 2.24. The fourth-order valence-electron chi connectivity index (χ4n) is 2.37. The van der Waals surface area contributed by atoms with E-state index >= 15 is 0 Å². The first kappa shape index (κ1) is 9.28. The fraction of sp³-hybridized carbons (Fsp3) is 0.143. The van der Waals surface area contributed by atoms with E-state index in [1.165, 1.54) is 10.8 Å². The molecular formula is C14H12O2. The first-order chi connectivity index (χ1) is 7.86. The highest BCUT2D eigenvalue weighted by Gasteiger charge is 2.25. The second kappa shape index (κ2) is 3.27. The average Bonchev–Trinajstić information content (AvgIpc) is 2.65. The molecule has 0 unspecified atom stereocenters. The second-order valence-corrected chi connectivity index (χ2v) is 3.78. The molecule has 2 aromatic carbocycles. The quantitative estimate of drug-likeness (QED) is 0.760. The zero-order chi connectivity index (χ0) is 11.1. The van der Waals surface area contributed by atoms with Crippen molar-refractivity contribution >= 4 is 22.3 Å².